The number of alkyl halides is 1. The lowest BCUT2D eigenvalue weighted by Crippen LogP contribution is -2.36. The van der Waals surface area contributed by atoms with E-state index in [2.05, 4.69) is 20.9 Å². The summed E-state index contributed by atoms with van der Waals surface area (Å²) >= 11 is 3.44. The molecule has 0 aliphatic carbocycles. The van der Waals surface area contributed by atoms with Crippen LogP contribution in [0.4, 0.5) is 10.2 Å². The predicted octanol–water partition coefficient (Wildman–Crippen LogP) is 2.46. The van der Waals surface area contributed by atoms with Crippen molar-refractivity contribution in [2.75, 3.05) is 11.4 Å². The van der Waals surface area contributed by atoms with E-state index in [-0.39, 0.29) is 4.83 Å². The first-order chi connectivity index (χ1) is 7.72. The topological polar surface area (TPSA) is 29.5 Å². The van der Waals surface area contributed by atoms with Gasteiger partial charge in [-0.3, -0.25) is 4.94 Å². The zero-order valence-electron chi connectivity index (χ0n) is 8.48. The first-order valence-corrected chi connectivity index (χ1v) is 5.92. The van der Waals surface area contributed by atoms with Crippen LogP contribution in [-0.2, 0) is 9.74 Å². The summed E-state index contributed by atoms with van der Waals surface area (Å²) in [6.07, 6.45) is 0.553. The number of carbonyl (C=O) groups excluding carboxylic acids is 1. The van der Waals surface area contributed by atoms with Crippen molar-refractivity contribution in [1.29, 1.82) is 0 Å². The second kappa shape index (κ2) is 4.82. The second-order valence-electron chi connectivity index (χ2n) is 3.73. The lowest BCUT2D eigenvalue weighted by Gasteiger charge is -2.23. The highest BCUT2D eigenvalue weighted by Gasteiger charge is 2.37. The number of nitrogens with zero attached hydrogens (tertiary/aromatic N) is 1. The van der Waals surface area contributed by atoms with Gasteiger partial charge in [-0.2, -0.15) is 0 Å². The van der Waals surface area contributed by atoms with Gasteiger partial charge in [0.25, 0.3) is 0 Å². The van der Waals surface area contributed by atoms with E-state index < -0.39 is 12.0 Å². The smallest absolute Gasteiger partial charge is 0.357 e. The molecule has 1 aromatic rings. The summed E-state index contributed by atoms with van der Waals surface area (Å²) < 4.78 is 12.0. The van der Waals surface area contributed by atoms with E-state index >= 15 is 0 Å². The normalized spacial score (nSPS) is 24.5. The van der Waals surface area contributed by atoms with Crippen molar-refractivity contribution in [3.63, 3.8) is 0 Å². The third-order valence-electron chi connectivity index (χ3n) is 2.69. The van der Waals surface area contributed by atoms with Gasteiger partial charge < -0.3 is 4.90 Å². The van der Waals surface area contributed by atoms with Gasteiger partial charge in [0.05, 0.1) is 0 Å². The third kappa shape index (κ3) is 2.19. The van der Waals surface area contributed by atoms with Gasteiger partial charge in [-0.25, -0.2) is 4.79 Å². The summed E-state index contributed by atoms with van der Waals surface area (Å²) in [7, 11) is 0. The molecule has 1 fully saturated rings. The molecule has 0 N–H and O–H groups in total. The van der Waals surface area contributed by atoms with Crippen LogP contribution in [0, 0.1) is 0 Å². The Morgan fingerprint density at radius 2 is 2.12 bits per heavy atom. The molecule has 0 spiro atoms. The number of para-hydroxylation sites is 1. The van der Waals surface area contributed by atoms with Crippen molar-refractivity contribution in [3.05, 3.63) is 30.3 Å². The third-order valence-corrected chi connectivity index (χ3v) is 3.35. The fourth-order valence-corrected chi connectivity index (χ4v) is 2.63. The minimum absolute atomic E-state index is 0.178. The van der Waals surface area contributed by atoms with Crippen LogP contribution < -0.4 is 4.90 Å². The molecule has 5 heteroatoms. The van der Waals surface area contributed by atoms with Gasteiger partial charge >= 0.3 is 5.97 Å². The molecule has 2 atom stereocenters. The summed E-state index contributed by atoms with van der Waals surface area (Å²) in [6.45, 7) is 0.670. The van der Waals surface area contributed by atoms with E-state index in [4.69, 9.17) is 0 Å². The molecule has 0 aromatic heterocycles. The van der Waals surface area contributed by atoms with Crippen LogP contribution in [0.25, 0.3) is 0 Å². The molecule has 0 bridgehead atoms. The lowest BCUT2D eigenvalue weighted by atomic mass is 10.2. The lowest BCUT2D eigenvalue weighted by molar-refractivity contribution is -0.185. The number of anilines is 1. The summed E-state index contributed by atoms with van der Waals surface area (Å²) in [6, 6.07) is 8.90. The fraction of sp³-hybridized carbons (Fsp3) is 0.364. The van der Waals surface area contributed by atoms with Crippen LogP contribution in [0.15, 0.2) is 30.3 Å². The summed E-state index contributed by atoms with van der Waals surface area (Å²) in [5.41, 5.74) is 0.903. The van der Waals surface area contributed by atoms with Crippen molar-refractivity contribution in [2.45, 2.75) is 17.3 Å². The van der Waals surface area contributed by atoms with E-state index in [0.29, 0.717) is 13.0 Å². The van der Waals surface area contributed by atoms with E-state index in [1.807, 2.05) is 35.2 Å². The molecule has 1 saturated heterocycles. The highest BCUT2D eigenvalue weighted by Crippen LogP contribution is 2.29. The van der Waals surface area contributed by atoms with Gasteiger partial charge in [0.15, 0.2) is 0 Å². The van der Waals surface area contributed by atoms with Crippen molar-refractivity contribution in [3.8, 4) is 0 Å². The Hall–Kier alpha value is -1.10. The van der Waals surface area contributed by atoms with Crippen LogP contribution >= 0.6 is 15.9 Å². The Morgan fingerprint density at radius 1 is 1.44 bits per heavy atom. The maximum Gasteiger partial charge on any atom is 0.370 e. The highest BCUT2D eigenvalue weighted by molar-refractivity contribution is 9.09. The molecule has 1 aromatic carbocycles. The Labute approximate surface area is 101 Å². The molecule has 0 radical (unpaired) electrons. The fourth-order valence-electron chi connectivity index (χ4n) is 1.96. The highest BCUT2D eigenvalue weighted by atomic mass is 79.9. The van der Waals surface area contributed by atoms with Crippen LogP contribution in [0.5, 0.6) is 0 Å². The van der Waals surface area contributed by atoms with Crippen LogP contribution in [-0.4, -0.2) is 23.4 Å². The van der Waals surface area contributed by atoms with E-state index in [1.165, 1.54) is 0 Å². The van der Waals surface area contributed by atoms with Gasteiger partial charge in [-0.05, 0) is 18.6 Å². The Balaban J connectivity index is 2.22. The number of carbonyl (C=O) groups is 1. The van der Waals surface area contributed by atoms with E-state index in [0.717, 1.165) is 5.69 Å². The average molecular weight is 288 g/mol. The monoisotopic (exact) mass is 287 g/mol. The molecule has 1 aliphatic heterocycles. The molecule has 1 aliphatic rings. The molecular weight excluding hydrogens is 277 g/mol. The van der Waals surface area contributed by atoms with Crippen molar-refractivity contribution in [2.24, 2.45) is 0 Å². The standard InChI is InChI=1S/C11H11BrFNO2/c12-8-6-10(11(15)16-13)14(7-8)9-4-2-1-3-5-9/h1-5,8,10H,6-7H2/t8?,10-/m0/s1. The maximum absolute atomic E-state index is 12.0. The summed E-state index contributed by atoms with van der Waals surface area (Å²) in [4.78, 5) is 16.6. The van der Waals surface area contributed by atoms with Gasteiger partial charge in [-0.15, -0.1) is 0 Å². The van der Waals surface area contributed by atoms with Crippen LogP contribution in [0.2, 0.25) is 0 Å². The zero-order valence-corrected chi connectivity index (χ0v) is 10.1. The molecule has 16 heavy (non-hydrogen) atoms. The number of benzene rings is 1. The summed E-state index contributed by atoms with van der Waals surface area (Å²) in [5.74, 6) is -0.828. The van der Waals surface area contributed by atoms with Crippen LogP contribution in [0.3, 0.4) is 0 Å². The number of rotatable bonds is 2. The van der Waals surface area contributed by atoms with Gasteiger partial charge in [0.2, 0.25) is 0 Å². The molecule has 3 nitrogen and oxygen atoms in total. The summed E-state index contributed by atoms with van der Waals surface area (Å²) in [5, 5.41) is 0. The number of hydrogen-bond acceptors (Lipinski definition) is 3. The second-order valence-corrected chi connectivity index (χ2v) is 5.03. The quantitative estimate of drug-likeness (QED) is 0.783. The molecular formula is C11H11BrFNO2. The average Bonchev–Trinajstić information content (AvgIpc) is 2.71. The molecule has 1 heterocycles. The minimum atomic E-state index is -0.828. The van der Waals surface area contributed by atoms with Crippen LogP contribution in [0.1, 0.15) is 6.42 Å². The predicted molar refractivity (Wildman–Crippen MR) is 62.1 cm³/mol. The SMILES string of the molecule is O=C(OF)[C@@H]1CC(Br)CN1c1ccccc1. The van der Waals surface area contributed by atoms with Gasteiger partial charge in [0.1, 0.15) is 6.04 Å². The first kappa shape index (κ1) is 11.4. The molecule has 1 unspecified atom stereocenters. The van der Waals surface area contributed by atoms with E-state index in [9.17, 15) is 9.32 Å². The first-order valence-electron chi connectivity index (χ1n) is 5.00. The van der Waals surface area contributed by atoms with Crippen molar-refractivity contribution < 1.29 is 14.3 Å². The Morgan fingerprint density at radius 3 is 2.75 bits per heavy atom. The largest absolute Gasteiger partial charge is 0.370 e. The van der Waals surface area contributed by atoms with Crippen molar-refractivity contribution >= 4 is 27.6 Å². The Bertz CT molecular complexity index is 374. The number of halogens is 2. The van der Waals surface area contributed by atoms with Gasteiger partial charge in [0, 0.05) is 21.6 Å². The molecule has 2 rings (SSSR count). The zero-order chi connectivity index (χ0) is 11.5. The molecule has 0 saturated carbocycles. The van der Waals surface area contributed by atoms with E-state index in [1.54, 1.807) is 0 Å². The number of hydrogen-bond donors (Lipinski definition) is 0. The molecule has 0 amide bonds. The van der Waals surface area contributed by atoms with Gasteiger partial charge in [-0.1, -0.05) is 34.1 Å². The Kier molecular flexibility index (Phi) is 3.43. The van der Waals surface area contributed by atoms with Crippen molar-refractivity contribution in [1.82, 2.24) is 0 Å². The maximum atomic E-state index is 12.0. The molecule has 86 valence electrons. The minimum Gasteiger partial charge on any atom is -0.357 e.